The zero-order valence-corrected chi connectivity index (χ0v) is 23.3. The summed E-state index contributed by atoms with van der Waals surface area (Å²) in [7, 11) is 1.50. The predicted molar refractivity (Wildman–Crippen MR) is 151 cm³/mol. The number of hydrogen-bond donors (Lipinski definition) is 1. The average molecular weight is 592 g/mol. The topological polar surface area (TPSA) is 80.8 Å². The van der Waals surface area contributed by atoms with Gasteiger partial charge in [-0.15, -0.1) is 24.5 Å². The summed E-state index contributed by atoms with van der Waals surface area (Å²) in [5.74, 6) is -0.446. The van der Waals surface area contributed by atoms with E-state index < -0.39 is 6.36 Å². The molecule has 1 aliphatic heterocycles. The SMILES string of the molecule is COCC(=O)CCC(=S)N1CCC(c2nc(C(=O)Nc3ccccc3-c3ccc(OC(F)(F)F)cc3)cs2)CC1. The molecule has 7 nitrogen and oxygen atoms in total. The van der Waals surface area contributed by atoms with Crippen molar-refractivity contribution in [3.63, 3.8) is 0 Å². The van der Waals surface area contributed by atoms with E-state index in [1.165, 1.54) is 42.7 Å². The summed E-state index contributed by atoms with van der Waals surface area (Å²) in [6.07, 6.45) is -2.17. The van der Waals surface area contributed by atoms with Crippen LogP contribution in [0.3, 0.4) is 0 Å². The number of likely N-dealkylation sites (tertiary alicyclic amines) is 1. The number of aromatic nitrogens is 1. The zero-order valence-electron chi connectivity index (χ0n) is 21.7. The molecule has 1 amide bonds. The number of anilines is 1. The van der Waals surface area contributed by atoms with Gasteiger partial charge in [-0.25, -0.2) is 4.98 Å². The molecule has 2 aromatic carbocycles. The first-order chi connectivity index (χ1) is 19.1. The number of ketones is 1. The second-order valence-electron chi connectivity index (χ2n) is 9.27. The molecule has 0 bridgehead atoms. The standard InChI is InChI=1S/C28H28F3N3O4S2/c1-37-16-20(35)8-11-25(39)34-14-12-19(13-15-34)27-33-24(17-40-27)26(36)32-23-5-3-2-4-22(23)18-6-9-21(10-7-18)38-28(29,30)31/h2-7,9-10,17,19H,8,11-16H2,1H3,(H,32,36). The third-order valence-corrected chi connectivity index (χ3v) is 7.92. The Balaban J connectivity index is 1.34. The molecule has 1 aromatic heterocycles. The van der Waals surface area contributed by atoms with Crippen molar-refractivity contribution in [1.29, 1.82) is 0 Å². The van der Waals surface area contributed by atoms with Crippen molar-refractivity contribution in [3.8, 4) is 16.9 Å². The molecule has 12 heteroatoms. The first kappa shape index (κ1) is 29.6. The summed E-state index contributed by atoms with van der Waals surface area (Å²) in [6.45, 7) is 1.64. The van der Waals surface area contributed by atoms with Crippen LogP contribution < -0.4 is 10.1 Å². The van der Waals surface area contributed by atoms with Crippen LogP contribution in [-0.2, 0) is 9.53 Å². The minimum absolute atomic E-state index is 0.0318. The Kier molecular flexibility index (Phi) is 9.88. The lowest BCUT2D eigenvalue weighted by Crippen LogP contribution is -2.37. The van der Waals surface area contributed by atoms with Crippen LogP contribution in [0.2, 0.25) is 0 Å². The zero-order chi connectivity index (χ0) is 28.7. The van der Waals surface area contributed by atoms with Gasteiger partial charge in [0.15, 0.2) is 5.78 Å². The van der Waals surface area contributed by atoms with E-state index in [0.717, 1.165) is 35.9 Å². The Morgan fingerprint density at radius 1 is 1.10 bits per heavy atom. The summed E-state index contributed by atoms with van der Waals surface area (Å²) in [4.78, 5) is 32.3. The number of amides is 1. The fourth-order valence-electron chi connectivity index (χ4n) is 4.46. The van der Waals surface area contributed by atoms with Crippen LogP contribution in [0.15, 0.2) is 53.9 Å². The van der Waals surface area contributed by atoms with Crippen LogP contribution in [0.4, 0.5) is 18.9 Å². The molecular formula is C28H28F3N3O4S2. The second kappa shape index (κ2) is 13.3. The third-order valence-electron chi connectivity index (χ3n) is 6.45. The largest absolute Gasteiger partial charge is 0.573 e. The molecule has 0 saturated carbocycles. The fraction of sp³-hybridized carbons (Fsp3) is 0.357. The highest BCUT2D eigenvalue weighted by Crippen LogP contribution is 2.33. The number of ether oxygens (including phenoxy) is 2. The monoisotopic (exact) mass is 591 g/mol. The summed E-state index contributed by atoms with van der Waals surface area (Å²) in [5.41, 5.74) is 2.09. The van der Waals surface area contributed by atoms with Crippen molar-refractivity contribution in [1.82, 2.24) is 9.88 Å². The Labute approximate surface area is 239 Å². The number of benzene rings is 2. The predicted octanol–water partition coefficient (Wildman–Crippen LogP) is 6.46. The van der Waals surface area contributed by atoms with Gasteiger partial charge in [0.1, 0.15) is 18.1 Å². The van der Waals surface area contributed by atoms with E-state index in [9.17, 15) is 22.8 Å². The van der Waals surface area contributed by atoms with Crippen LogP contribution in [-0.4, -0.2) is 59.7 Å². The third kappa shape index (κ3) is 8.09. The van der Waals surface area contributed by atoms with E-state index in [1.807, 2.05) is 0 Å². The molecule has 1 saturated heterocycles. The number of carbonyl (C=O) groups excluding carboxylic acids is 2. The smallest absolute Gasteiger partial charge is 0.406 e. The number of para-hydroxylation sites is 1. The van der Waals surface area contributed by atoms with Crippen LogP contribution in [0, 0.1) is 0 Å². The molecule has 0 spiro atoms. The molecule has 40 heavy (non-hydrogen) atoms. The maximum Gasteiger partial charge on any atom is 0.573 e. The molecule has 1 aliphatic rings. The van der Waals surface area contributed by atoms with Crippen LogP contribution in [0.5, 0.6) is 5.75 Å². The molecule has 0 atom stereocenters. The van der Waals surface area contributed by atoms with Gasteiger partial charge in [-0.05, 0) is 36.6 Å². The number of carbonyl (C=O) groups is 2. The maximum absolute atomic E-state index is 13.0. The van der Waals surface area contributed by atoms with Crippen molar-refractivity contribution in [2.75, 3.05) is 32.1 Å². The normalized spacial score (nSPS) is 14.2. The number of thiazole rings is 1. The summed E-state index contributed by atoms with van der Waals surface area (Å²) in [6, 6.07) is 12.5. The van der Waals surface area contributed by atoms with Crippen LogP contribution >= 0.6 is 23.6 Å². The number of methoxy groups -OCH3 is 1. The second-order valence-corrected chi connectivity index (χ2v) is 10.6. The quantitative estimate of drug-likeness (QED) is 0.271. The van der Waals surface area contributed by atoms with Gasteiger partial charge in [-0.3, -0.25) is 9.59 Å². The first-order valence-corrected chi connectivity index (χ1v) is 13.9. The van der Waals surface area contributed by atoms with E-state index in [-0.39, 0.29) is 30.0 Å². The van der Waals surface area contributed by atoms with Crippen molar-refractivity contribution in [2.24, 2.45) is 0 Å². The van der Waals surface area contributed by atoms with Crippen molar-refractivity contribution < 1.29 is 32.2 Å². The number of piperidine rings is 1. The molecule has 212 valence electrons. The number of nitrogens with one attached hydrogen (secondary N) is 1. The molecule has 0 radical (unpaired) electrons. The van der Waals surface area contributed by atoms with Gasteiger partial charge in [-0.1, -0.05) is 42.5 Å². The Bertz CT molecular complexity index is 1340. The van der Waals surface area contributed by atoms with E-state index in [0.29, 0.717) is 35.3 Å². The highest BCUT2D eigenvalue weighted by atomic mass is 32.1. The fourth-order valence-corrected chi connectivity index (χ4v) is 5.72. The van der Waals surface area contributed by atoms with Gasteiger partial charge in [0, 0.05) is 55.6 Å². The Hall–Kier alpha value is -3.35. The Morgan fingerprint density at radius 3 is 2.48 bits per heavy atom. The average Bonchev–Trinajstić information content (AvgIpc) is 3.43. The summed E-state index contributed by atoms with van der Waals surface area (Å²) >= 11 is 6.96. The van der Waals surface area contributed by atoms with Crippen LogP contribution in [0.25, 0.3) is 11.1 Å². The molecule has 3 aromatic rings. The van der Waals surface area contributed by atoms with Gasteiger partial charge in [0.05, 0.1) is 10.00 Å². The number of halogens is 3. The van der Waals surface area contributed by atoms with E-state index in [4.69, 9.17) is 17.0 Å². The van der Waals surface area contributed by atoms with Crippen molar-refractivity contribution in [3.05, 3.63) is 64.6 Å². The minimum Gasteiger partial charge on any atom is -0.406 e. The van der Waals surface area contributed by atoms with E-state index in [1.54, 1.807) is 29.6 Å². The van der Waals surface area contributed by atoms with Gasteiger partial charge in [0.25, 0.3) is 5.91 Å². The molecular weight excluding hydrogens is 563 g/mol. The number of Topliss-reactive ketones (excluding diaryl/α,β-unsaturated/α-hetero) is 1. The number of thiocarbonyl (C=S) groups is 1. The summed E-state index contributed by atoms with van der Waals surface area (Å²) in [5, 5.41) is 5.50. The number of rotatable bonds is 10. The molecule has 0 unspecified atom stereocenters. The van der Waals surface area contributed by atoms with Gasteiger partial charge in [0.2, 0.25) is 0 Å². The van der Waals surface area contributed by atoms with Crippen LogP contribution in [0.1, 0.15) is 47.1 Å². The lowest BCUT2D eigenvalue weighted by atomic mass is 9.97. The highest BCUT2D eigenvalue weighted by molar-refractivity contribution is 7.80. The van der Waals surface area contributed by atoms with Gasteiger partial charge in [-0.2, -0.15) is 0 Å². The minimum atomic E-state index is -4.77. The van der Waals surface area contributed by atoms with Gasteiger partial charge >= 0.3 is 6.36 Å². The van der Waals surface area contributed by atoms with E-state index in [2.05, 4.69) is 19.9 Å². The number of nitrogens with zero attached hydrogens (tertiary/aromatic N) is 2. The lowest BCUT2D eigenvalue weighted by molar-refractivity contribution is -0.274. The molecule has 4 rings (SSSR count). The summed E-state index contributed by atoms with van der Waals surface area (Å²) < 4.78 is 46.2. The maximum atomic E-state index is 13.0. The number of alkyl halides is 3. The number of hydrogen-bond acceptors (Lipinski definition) is 7. The first-order valence-electron chi connectivity index (χ1n) is 12.6. The van der Waals surface area contributed by atoms with Crippen molar-refractivity contribution >= 4 is 45.9 Å². The molecule has 0 aliphatic carbocycles. The van der Waals surface area contributed by atoms with Crippen molar-refractivity contribution in [2.45, 2.75) is 38.0 Å². The molecule has 1 fully saturated rings. The Morgan fingerprint density at radius 2 is 1.80 bits per heavy atom. The lowest BCUT2D eigenvalue weighted by Gasteiger charge is -2.33. The highest BCUT2D eigenvalue weighted by Gasteiger charge is 2.31. The molecule has 2 heterocycles. The molecule has 1 N–H and O–H groups in total. The van der Waals surface area contributed by atoms with Gasteiger partial charge < -0.3 is 19.7 Å². The van der Waals surface area contributed by atoms with E-state index >= 15 is 0 Å².